The molecule has 0 aliphatic carbocycles. The molecule has 2 heterocycles. The second kappa shape index (κ2) is 4.13. The van der Waals surface area contributed by atoms with Gasteiger partial charge in [-0.2, -0.15) is 8.75 Å². The lowest BCUT2D eigenvalue weighted by molar-refractivity contribution is 0.231. The summed E-state index contributed by atoms with van der Waals surface area (Å²) >= 11 is 1.31. The number of rotatable bonds is 2. The number of aryl methyl sites for hydroxylation is 1. The summed E-state index contributed by atoms with van der Waals surface area (Å²) in [6, 6.07) is 0. The molecule has 0 unspecified atom stereocenters. The average molecular weight is 198 g/mol. The second-order valence-corrected chi connectivity index (χ2v) is 3.85. The van der Waals surface area contributed by atoms with Crippen LogP contribution in [0.1, 0.15) is 11.4 Å². The summed E-state index contributed by atoms with van der Waals surface area (Å²) in [6.45, 7) is 7.42. The molecule has 0 radical (unpaired) electrons. The Labute approximate surface area is 82.3 Å². The van der Waals surface area contributed by atoms with Crippen LogP contribution in [0.3, 0.4) is 0 Å². The van der Waals surface area contributed by atoms with Gasteiger partial charge in [0.1, 0.15) is 0 Å². The van der Waals surface area contributed by atoms with Crippen LogP contribution in [-0.4, -0.2) is 39.8 Å². The summed E-state index contributed by atoms with van der Waals surface area (Å²) in [5.74, 6) is 0. The second-order valence-electron chi connectivity index (χ2n) is 3.32. The molecule has 72 valence electrons. The van der Waals surface area contributed by atoms with Gasteiger partial charge in [-0.3, -0.25) is 4.90 Å². The Morgan fingerprint density at radius 2 is 2.15 bits per heavy atom. The van der Waals surface area contributed by atoms with E-state index < -0.39 is 0 Å². The molecule has 0 spiro atoms. The Morgan fingerprint density at radius 1 is 1.38 bits per heavy atom. The van der Waals surface area contributed by atoms with Crippen molar-refractivity contribution in [1.82, 2.24) is 19.0 Å². The van der Waals surface area contributed by atoms with Crippen LogP contribution >= 0.6 is 11.7 Å². The summed E-state index contributed by atoms with van der Waals surface area (Å²) in [5.41, 5.74) is 2.23. The molecule has 0 bridgehead atoms. The fourth-order valence-corrected chi connectivity index (χ4v) is 2.03. The van der Waals surface area contributed by atoms with Gasteiger partial charge in [-0.25, -0.2) is 0 Å². The highest BCUT2D eigenvalue weighted by molar-refractivity contribution is 6.99. The Bertz CT molecular complexity index is 267. The first-order chi connectivity index (χ1) is 6.36. The first kappa shape index (κ1) is 9.05. The standard InChI is InChI=1S/C8H14N4S/c1-7-8(11-13-10-7)6-12-4-2-9-3-5-12/h9H,2-6H2,1H3. The highest BCUT2D eigenvalue weighted by atomic mass is 32.1. The van der Waals surface area contributed by atoms with E-state index in [1.54, 1.807) is 0 Å². The van der Waals surface area contributed by atoms with E-state index in [2.05, 4.69) is 19.0 Å². The zero-order valence-electron chi connectivity index (χ0n) is 7.79. The van der Waals surface area contributed by atoms with Crippen LogP contribution in [0.2, 0.25) is 0 Å². The van der Waals surface area contributed by atoms with E-state index in [4.69, 9.17) is 0 Å². The SMILES string of the molecule is Cc1nsnc1CN1CCNCC1. The number of nitrogens with zero attached hydrogens (tertiary/aromatic N) is 3. The van der Waals surface area contributed by atoms with Crippen molar-refractivity contribution in [1.29, 1.82) is 0 Å². The molecular weight excluding hydrogens is 184 g/mol. The van der Waals surface area contributed by atoms with Gasteiger partial charge in [0, 0.05) is 32.7 Å². The Hall–Kier alpha value is -0.520. The van der Waals surface area contributed by atoms with Crippen LogP contribution in [0.25, 0.3) is 0 Å². The Balaban J connectivity index is 1.93. The fourth-order valence-electron chi connectivity index (χ4n) is 1.47. The van der Waals surface area contributed by atoms with Crippen LogP contribution < -0.4 is 5.32 Å². The maximum absolute atomic E-state index is 4.28. The summed E-state index contributed by atoms with van der Waals surface area (Å²) < 4.78 is 8.45. The number of piperazine rings is 1. The molecule has 1 aliphatic heterocycles. The maximum atomic E-state index is 4.28. The molecule has 2 rings (SSSR count). The van der Waals surface area contributed by atoms with Crippen LogP contribution in [0.15, 0.2) is 0 Å². The van der Waals surface area contributed by atoms with E-state index >= 15 is 0 Å². The molecule has 1 saturated heterocycles. The van der Waals surface area contributed by atoms with Crippen LogP contribution in [0, 0.1) is 6.92 Å². The van der Waals surface area contributed by atoms with Crippen LogP contribution in [-0.2, 0) is 6.54 Å². The third kappa shape index (κ3) is 2.24. The summed E-state index contributed by atoms with van der Waals surface area (Å²) in [6.07, 6.45) is 0. The number of aromatic nitrogens is 2. The van der Waals surface area contributed by atoms with E-state index in [0.29, 0.717) is 0 Å². The Kier molecular flexibility index (Phi) is 2.87. The first-order valence-corrected chi connectivity index (χ1v) is 5.30. The van der Waals surface area contributed by atoms with Crippen molar-refractivity contribution in [3.05, 3.63) is 11.4 Å². The van der Waals surface area contributed by atoms with Crippen molar-refractivity contribution in [3.63, 3.8) is 0 Å². The predicted molar refractivity (Wildman–Crippen MR) is 52.8 cm³/mol. The smallest absolute Gasteiger partial charge is 0.0912 e. The Morgan fingerprint density at radius 3 is 2.77 bits per heavy atom. The first-order valence-electron chi connectivity index (χ1n) is 4.57. The van der Waals surface area contributed by atoms with Gasteiger partial charge in [0.05, 0.1) is 23.1 Å². The van der Waals surface area contributed by atoms with E-state index in [1.807, 2.05) is 6.92 Å². The van der Waals surface area contributed by atoms with Crippen molar-refractivity contribution < 1.29 is 0 Å². The van der Waals surface area contributed by atoms with Gasteiger partial charge in [-0.05, 0) is 6.92 Å². The van der Waals surface area contributed by atoms with E-state index in [0.717, 1.165) is 44.1 Å². The lowest BCUT2D eigenvalue weighted by Crippen LogP contribution is -2.43. The van der Waals surface area contributed by atoms with Gasteiger partial charge in [-0.15, -0.1) is 0 Å². The fraction of sp³-hybridized carbons (Fsp3) is 0.750. The molecule has 1 N–H and O–H groups in total. The largest absolute Gasteiger partial charge is 0.314 e. The number of hydrogen-bond acceptors (Lipinski definition) is 5. The topological polar surface area (TPSA) is 41.1 Å². The van der Waals surface area contributed by atoms with Gasteiger partial charge in [0.25, 0.3) is 0 Å². The molecule has 1 aromatic heterocycles. The molecule has 5 heteroatoms. The zero-order chi connectivity index (χ0) is 9.10. The van der Waals surface area contributed by atoms with E-state index in [1.165, 1.54) is 11.7 Å². The third-order valence-electron chi connectivity index (χ3n) is 2.33. The minimum absolute atomic E-state index is 0.962. The predicted octanol–water partition coefficient (Wildman–Crippen LogP) is 0.252. The molecule has 1 fully saturated rings. The summed E-state index contributed by atoms with van der Waals surface area (Å²) in [7, 11) is 0. The van der Waals surface area contributed by atoms with Crippen LogP contribution in [0.4, 0.5) is 0 Å². The molecule has 1 aromatic rings. The molecule has 0 amide bonds. The molecular formula is C8H14N4S. The highest BCUT2D eigenvalue weighted by Gasteiger charge is 2.12. The van der Waals surface area contributed by atoms with E-state index in [9.17, 15) is 0 Å². The van der Waals surface area contributed by atoms with Crippen molar-refractivity contribution in [2.45, 2.75) is 13.5 Å². The van der Waals surface area contributed by atoms with Gasteiger partial charge in [-0.1, -0.05) is 0 Å². The average Bonchev–Trinajstić information content (AvgIpc) is 2.54. The van der Waals surface area contributed by atoms with Gasteiger partial charge >= 0.3 is 0 Å². The normalized spacial score (nSPS) is 19.2. The highest BCUT2D eigenvalue weighted by Crippen LogP contribution is 2.08. The lowest BCUT2D eigenvalue weighted by Gasteiger charge is -2.26. The van der Waals surface area contributed by atoms with Crippen molar-refractivity contribution in [2.24, 2.45) is 0 Å². The maximum Gasteiger partial charge on any atom is 0.0912 e. The molecule has 1 aliphatic rings. The summed E-state index contributed by atoms with van der Waals surface area (Å²) in [4.78, 5) is 2.42. The minimum Gasteiger partial charge on any atom is -0.314 e. The quantitative estimate of drug-likeness (QED) is 0.739. The lowest BCUT2D eigenvalue weighted by atomic mass is 10.3. The molecule has 0 saturated carbocycles. The van der Waals surface area contributed by atoms with E-state index in [-0.39, 0.29) is 0 Å². The molecule has 0 atom stereocenters. The monoisotopic (exact) mass is 198 g/mol. The number of nitrogens with one attached hydrogen (secondary N) is 1. The molecule has 13 heavy (non-hydrogen) atoms. The van der Waals surface area contributed by atoms with Gasteiger partial charge < -0.3 is 5.32 Å². The molecule has 0 aromatic carbocycles. The third-order valence-corrected chi connectivity index (χ3v) is 2.99. The minimum atomic E-state index is 0.962. The van der Waals surface area contributed by atoms with Crippen molar-refractivity contribution in [3.8, 4) is 0 Å². The van der Waals surface area contributed by atoms with Crippen LogP contribution in [0.5, 0.6) is 0 Å². The number of hydrogen-bond donors (Lipinski definition) is 1. The van der Waals surface area contributed by atoms with Gasteiger partial charge in [0.2, 0.25) is 0 Å². The molecule has 4 nitrogen and oxygen atoms in total. The van der Waals surface area contributed by atoms with Gasteiger partial charge in [0.15, 0.2) is 0 Å². The summed E-state index contributed by atoms with van der Waals surface area (Å²) in [5, 5.41) is 3.33. The zero-order valence-corrected chi connectivity index (χ0v) is 8.60. The van der Waals surface area contributed by atoms with Crippen molar-refractivity contribution in [2.75, 3.05) is 26.2 Å². The van der Waals surface area contributed by atoms with Crippen molar-refractivity contribution >= 4 is 11.7 Å².